The first-order valence-corrected chi connectivity index (χ1v) is 6.67. The fourth-order valence-corrected chi connectivity index (χ4v) is 3.39. The molecule has 0 radical (unpaired) electrons. The fraction of sp³-hybridized carbons (Fsp3) is 1.00. The number of hydrogen-bond acceptors (Lipinski definition) is 2. The first-order chi connectivity index (χ1) is 7.18. The first kappa shape index (κ1) is 11.4. The molecule has 2 heterocycles. The lowest BCUT2D eigenvalue weighted by atomic mass is 9.95. The summed E-state index contributed by atoms with van der Waals surface area (Å²) in [6, 6.07) is 2.44. The molecule has 1 N–H and O–H groups in total. The summed E-state index contributed by atoms with van der Waals surface area (Å²) in [5.74, 6) is 0.831. The number of piperidine rings is 1. The number of rotatable bonds is 2. The third-order valence-electron chi connectivity index (χ3n) is 4.18. The van der Waals surface area contributed by atoms with Gasteiger partial charge in [-0.05, 0) is 51.6 Å². The maximum atomic E-state index is 3.55. The molecule has 2 rings (SSSR count). The molecule has 2 aliphatic heterocycles. The van der Waals surface area contributed by atoms with Crippen LogP contribution in [0.2, 0.25) is 0 Å². The lowest BCUT2D eigenvalue weighted by molar-refractivity contribution is 0.110. The molecule has 2 aliphatic rings. The van der Waals surface area contributed by atoms with Gasteiger partial charge in [0.05, 0.1) is 0 Å². The summed E-state index contributed by atoms with van der Waals surface area (Å²) in [5.41, 5.74) is 0. The summed E-state index contributed by atoms with van der Waals surface area (Å²) in [6.07, 6.45) is 5.55. The molecule has 15 heavy (non-hydrogen) atoms. The summed E-state index contributed by atoms with van der Waals surface area (Å²) in [6.45, 7) is 9.65. The van der Waals surface area contributed by atoms with Gasteiger partial charge in [0.1, 0.15) is 0 Å². The number of nitrogens with one attached hydrogen (secondary N) is 1. The lowest BCUT2D eigenvalue weighted by Crippen LogP contribution is -2.49. The third kappa shape index (κ3) is 2.54. The zero-order valence-electron chi connectivity index (χ0n) is 10.5. The molecule has 0 saturated carbocycles. The fourth-order valence-electron chi connectivity index (χ4n) is 3.39. The van der Waals surface area contributed by atoms with E-state index in [4.69, 9.17) is 0 Å². The van der Waals surface area contributed by atoms with Gasteiger partial charge in [-0.15, -0.1) is 0 Å². The van der Waals surface area contributed by atoms with Crippen molar-refractivity contribution < 1.29 is 0 Å². The molecule has 2 saturated heterocycles. The van der Waals surface area contributed by atoms with Crippen LogP contribution in [-0.2, 0) is 0 Å². The van der Waals surface area contributed by atoms with E-state index < -0.39 is 0 Å². The van der Waals surface area contributed by atoms with E-state index in [1.807, 2.05) is 0 Å². The summed E-state index contributed by atoms with van der Waals surface area (Å²) in [5, 5.41) is 3.55. The molecule has 88 valence electrons. The third-order valence-corrected chi connectivity index (χ3v) is 4.18. The predicted octanol–water partition coefficient (Wildman–Crippen LogP) is 2.25. The van der Waals surface area contributed by atoms with E-state index in [-0.39, 0.29) is 0 Å². The minimum Gasteiger partial charge on any atom is -0.314 e. The minimum atomic E-state index is 0.720. The molecule has 0 amide bonds. The minimum absolute atomic E-state index is 0.720. The molecule has 2 heteroatoms. The average Bonchev–Trinajstić information content (AvgIpc) is 2.65. The highest BCUT2D eigenvalue weighted by Gasteiger charge is 2.33. The summed E-state index contributed by atoms with van der Waals surface area (Å²) in [7, 11) is 0. The number of likely N-dealkylation sites (tertiary alicyclic amines) is 1. The second kappa shape index (κ2) is 4.84. The Balaban J connectivity index is 1.96. The van der Waals surface area contributed by atoms with Crippen LogP contribution in [0.5, 0.6) is 0 Å². The second-order valence-corrected chi connectivity index (χ2v) is 5.72. The van der Waals surface area contributed by atoms with Crippen LogP contribution in [0.3, 0.4) is 0 Å². The van der Waals surface area contributed by atoms with Gasteiger partial charge < -0.3 is 5.32 Å². The Bertz CT molecular complexity index is 203. The number of hydrogen-bond donors (Lipinski definition) is 1. The van der Waals surface area contributed by atoms with E-state index in [1.165, 1.54) is 38.8 Å². The van der Waals surface area contributed by atoms with Crippen molar-refractivity contribution in [3.63, 3.8) is 0 Å². The van der Waals surface area contributed by atoms with E-state index in [2.05, 4.69) is 31.0 Å². The summed E-state index contributed by atoms with van der Waals surface area (Å²) in [4.78, 5) is 2.81. The highest BCUT2D eigenvalue weighted by Crippen LogP contribution is 2.29. The molecule has 0 aliphatic carbocycles. The Morgan fingerprint density at radius 1 is 1.27 bits per heavy atom. The second-order valence-electron chi connectivity index (χ2n) is 5.72. The van der Waals surface area contributed by atoms with Gasteiger partial charge >= 0.3 is 0 Å². The van der Waals surface area contributed by atoms with Gasteiger partial charge in [0, 0.05) is 18.1 Å². The normalized spacial score (nSPS) is 38.8. The van der Waals surface area contributed by atoms with Crippen molar-refractivity contribution in [3.05, 3.63) is 0 Å². The van der Waals surface area contributed by atoms with Crippen LogP contribution in [0.1, 0.15) is 46.5 Å². The highest BCUT2D eigenvalue weighted by atomic mass is 15.2. The topological polar surface area (TPSA) is 15.3 Å². The van der Waals surface area contributed by atoms with Gasteiger partial charge in [0.25, 0.3) is 0 Å². The maximum absolute atomic E-state index is 3.55. The van der Waals surface area contributed by atoms with Crippen molar-refractivity contribution in [1.82, 2.24) is 10.2 Å². The van der Waals surface area contributed by atoms with Gasteiger partial charge in [-0.3, -0.25) is 4.90 Å². The Kier molecular flexibility index (Phi) is 3.68. The van der Waals surface area contributed by atoms with Crippen molar-refractivity contribution in [2.75, 3.05) is 13.1 Å². The van der Waals surface area contributed by atoms with Crippen LogP contribution >= 0.6 is 0 Å². The van der Waals surface area contributed by atoms with Crippen LogP contribution in [-0.4, -0.2) is 36.1 Å². The quantitative estimate of drug-likeness (QED) is 0.752. The Morgan fingerprint density at radius 3 is 2.73 bits per heavy atom. The standard InChI is InChI=1S/C13H26N2/c1-10(2)13-5-4-8-15(13)12-6-7-14-11(3)9-12/h10-14H,4-9H2,1-3H3. The van der Waals surface area contributed by atoms with Gasteiger partial charge in [-0.25, -0.2) is 0 Å². The van der Waals surface area contributed by atoms with E-state index in [9.17, 15) is 0 Å². The molecule has 0 spiro atoms. The lowest BCUT2D eigenvalue weighted by Gasteiger charge is -2.39. The average molecular weight is 210 g/mol. The molecular formula is C13H26N2. The van der Waals surface area contributed by atoms with Gasteiger partial charge in [0.15, 0.2) is 0 Å². The molecule has 3 atom stereocenters. The smallest absolute Gasteiger partial charge is 0.0125 e. The zero-order chi connectivity index (χ0) is 10.8. The molecule has 2 fully saturated rings. The van der Waals surface area contributed by atoms with E-state index >= 15 is 0 Å². The molecule has 0 aromatic heterocycles. The van der Waals surface area contributed by atoms with Gasteiger partial charge in [-0.2, -0.15) is 0 Å². The summed E-state index contributed by atoms with van der Waals surface area (Å²) < 4.78 is 0. The van der Waals surface area contributed by atoms with Crippen molar-refractivity contribution in [2.45, 2.75) is 64.6 Å². The van der Waals surface area contributed by atoms with Crippen molar-refractivity contribution in [1.29, 1.82) is 0 Å². The Labute approximate surface area is 94.4 Å². The van der Waals surface area contributed by atoms with E-state index in [1.54, 1.807) is 0 Å². The van der Waals surface area contributed by atoms with E-state index in [0.29, 0.717) is 0 Å². The van der Waals surface area contributed by atoms with Crippen LogP contribution in [0.4, 0.5) is 0 Å². The highest BCUT2D eigenvalue weighted by molar-refractivity contribution is 4.90. The summed E-state index contributed by atoms with van der Waals surface area (Å²) >= 11 is 0. The SMILES string of the molecule is CC1CC(N2CCCC2C(C)C)CCN1. The molecule has 0 bridgehead atoms. The molecule has 2 nitrogen and oxygen atoms in total. The Morgan fingerprint density at radius 2 is 2.07 bits per heavy atom. The van der Waals surface area contributed by atoms with Crippen LogP contribution in [0.25, 0.3) is 0 Å². The van der Waals surface area contributed by atoms with Crippen LogP contribution < -0.4 is 5.32 Å². The van der Waals surface area contributed by atoms with Crippen LogP contribution in [0.15, 0.2) is 0 Å². The zero-order valence-corrected chi connectivity index (χ0v) is 10.5. The Hall–Kier alpha value is -0.0800. The molecule has 0 aromatic rings. The van der Waals surface area contributed by atoms with Crippen LogP contribution in [0, 0.1) is 5.92 Å². The van der Waals surface area contributed by atoms with Crippen molar-refractivity contribution >= 4 is 0 Å². The monoisotopic (exact) mass is 210 g/mol. The largest absolute Gasteiger partial charge is 0.314 e. The van der Waals surface area contributed by atoms with Crippen molar-refractivity contribution in [3.8, 4) is 0 Å². The number of nitrogens with zero attached hydrogens (tertiary/aromatic N) is 1. The molecule has 3 unspecified atom stereocenters. The molecular weight excluding hydrogens is 184 g/mol. The van der Waals surface area contributed by atoms with Gasteiger partial charge in [-0.1, -0.05) is 13.8 Å². The predicted molar refractivity (Wildman–Crippen MR) is 65.1 cm³/mol. The van der Waals surface area contributed by atoms with Gasteiger partial charge in [0.2, 0.25) is 0 Å². The maximum Gasteiger partial charge on any atom is 0.0125 e. The molecule has 0 aromatic carbocycles. The van der Waals surface area contributed by atoms with Crippen molar-refractivity contribution in [2.24, 2.45) is 5.92 Å². The first-order valence-electron chi connectivity index (χ1n) is 6.67. The van der Waals surface area contributed by atoms with E-state index in [0.717, 1.165) is 24.0 Å².